The Balaban J connectivity index is 2.19. The van der Waals surface area contributed by atoms with Crippen molar-refractivity contribution in [3.63, 3.8) is 0 Å². The molecule has 70 valence electrons. The molecule has 2 unspecified atom stereocenters. The van der Waals surface area contributed by atoms with Gasteiger partial charge in [-0.3, -0.25) is 4.79 Å². The summed E-state index contributed by atoms with van der Waals surface area (Å²) in [5, 5.41) is 5.00. The Morgan fingerprint density at radius 3 is 3.23 bits per heavy atom. The van der Waals surface area contributed by atoms with Crippen LogP contribution in [0.2, 0.25) is 0 Å². The second-order valence-electron chi connectivity index (χ2n) is 3.31. The predicted octanol–water partition coefficient (Wildman–Crippen LogP) is 1.53. The van der Waals surface area contributed by atoms with Gasteiger partial charge in [0.15, 0.2) is 0 Å². The molecule has 1 fully saturated rings. The van der Waals surface area contributed by atoms with Crippen molar-refractivity contribution in [1.29, 1.82) is 0 Å². The van der Waals surface area contributed by atoms with Crippen molar-refractivity contribution in [1.82, 2.24) is 10.3 Å². The van der Waals surface area contributed by atoms with Gasteiger partial charge in [-0.05, 0) is 6.42 Å². The average molecular weight is 196 g/mol. The molecule has 1 aromatic rings. The van der Waals surface area contributed by atoms with Crippen LogP contribution in [0.1, 0.15) is 31.4 Å². The fourth-order valence-electron chi connectivity index (χ4n) is 1.81. The third-order valence-electron chi connectivity index (χ3n) is 2.51. The lowest BCUT2D eigenvalue weighted by molar-refractivity contribution is -0.119. The Bertz CT molecular complexity index is 297. The van der Waals surface area contributed by atoms with Gasteiger partial charge in [0.1, 0.15) is 0 Å². The number of nitrogens with zero attached hydrogens (tertiary/aromatic N) is 1. The standard InChI is InChI=1S/C9H12N2OS/c1-2-7-6(3-9(12)11-7)8-4-13-5-10-8/h4-7H,2-3H2,1H3,(H,11,12). The molecule has 0 bridgehead atoms. The van der Waals surface area contributed by atoms with Crippen molar-refractivity contribution in [3.8, 4) is 0 Å². The second kappa shape index (κ2) is 3.46. The zero-order valence-corrected chi connectivity index (χ0v) is 8.30. The lowest BCUT2D eigenvalue weighted by Crippen LogP contribution is -2.27. The first kappa shape index (κ1) is 8.69. The molecule has 1 amide bonds. The third kappa shape index (κ3) is 1.58. The zero-order valence-electron chi connectivity index (χ0n) is 7.49. The van der Waals surface area contributed by atoms with Gasteiger partial charge in [0.25, 0.3) is 0 Å². The number of carbonyl (C=O) groups excluding carboxylic acids is 1. The van der Waals surface area contributed by atoms with Crippen LogP contribution < -0.4 is 5.32 Å². The lowest BCUT2D eigenvalue weighted by atomic mass is 9.96. The topological polar surface area (TPSA) is 42.0 Å². The first-order valence-corrected chi connectivity index (χ1v) is 5.43. The maximum Gasteiger partial charge on any atom is 0.220 e. The molecular weight excluding hydrogens is 184 g/mol. The molecule has 0 spiro atoms. The van der Waals surface area contributed by atoms with E-state index in [9.17, 15) is 4.79 Å². The molecule has 13 heavy (non-hydrogen) atoms. The predicted molar refractivity (Wildman–Crippen MR) is 51.7 cm³/mol. The van der Waals surface area contributed by atoms with E-state index < -0.39 is 0 Å². The molecule has 1 N–H and O–H groups in total. The molecule has 0 radical (unpaired) electrons. The highest BCUT2D eigenvalue weighted by molar-refractivity contribution is 7.07. The van der Waals surface area contributed by atoms with Gasteiger partial charge >= 0.3 is 0 Å². The monoisotopic (exact) mass is 196 g/mol. The molecule has 0 aromatic carbocycles. The highest BCUT2D eigenvalue weighted by atomic mass is 32.1. The van der Waals surface area contributed by atoms with E-state index in [0.717, 1.165) is 12.1 Å². The Kier molecular flexibility index (Phi) is 2.31. The summed E-state index contributed by atoms with van der Waals surface area (Å²) in [4.78, 5) is 15.4. The summed E-state index contributed by atoms with van der Waals surface area (Å²) in [6.45, 7) is 2.09. The van der Waals surface area contributed by atoms with Crippen molar-refractivity contribution in [2.24, 2.45) is 0 Å². The number of hydrogen-bond donors (Lipinski definition) is 1. The van der Waals surface area contributed by atoms with Crippen LogP contribution in [-0.4, -0.2) is 16.9 Å². The van der Waals surface area contributed by atoms with E-state index in [0.29, 0.717) is 12.3 Å². The summed E-state index contributed by atoms with van der Waals surface area (Å²) in [5.74, 6) is 0.452. The van der Waals surface area contributed by atoms with Crippen LogP contribution in [0.3, 0.4) is 0 Å². The van der Waals surface area contributed by atoms with Crippen molar-refractivity contribution in [2.45, 2.75) is 31.7 Å². The van der Waals surface area contributed by atoms with Gasteiger partial charge in [-0.1, -0.05) is 6.92 Å². The highest BCUT2D eigenvalue weighted by Crippen LogP contribution is 2.29. The molecular formula is C9H12N2OS. The molecule has 0 aliphatic carbocycles. The maximum absolute atomic E-state index is 11.2. The highest BCUT2D eigenvalue weighted by Gasteiger charge is 2.33. The van der Waals surface area contributed by atoms with Gasteiger partial charge in [0.05, 0.1) is 11.2 Å². The molecule has 1 aliphatic rings. The van der Waals surface area contributed by atoms with Crippen LogP contribution in [0, 0.1) is 0 Å². The molecule has 3 nitrogen and oxygen atoms in total. The van der Waals surface area contributed by atoms with E-state index in [2.05, 4.69) is 17.2 Å². The second-order valence-corrected chi connectivity index (χ2v) is 4.02. The van der Waals surface area contributed by atoms with Gasteiger partial charge in [-0.25, -0.2) is 4.98 Å². The number of hydrogen-bond acceptors (Lipinski definition) is 3. The number of carbonyl (C=O) groups is 1. The number of amides is 1. The average Bonchev–Trinajstić information content (AvgIpc) is 2.71. The Hall–Kier alpha value is -0.900. The molecule has 2 heterocycles. The van der Waals surface area contributed by atoms with Crippen LogP contribution in [0.5, 0.6) is 0 Å². The number of thiazole rings is 1. The summed E-state index contributed by atoms with van der Waals surface area (Å²) in [5.41, 5.74) is 2.89. The largest absolute Gasteiger partial charge is 0.353 e. The van der Waals surface area contributed by atoms with Crippen LogP contribution >= 0.6 is 11.3 Å². The molecule has 1 aromatic heterocycles. The van der Waals surface area contributed by atoms with Gasteiger partial charge in [-0.15, -0.1) is 11.3 Å². The molecule has 1 aliphatic heterocycles. The summed E-state index contributed by atoms with van der Waals surface area (Å²) in [7, 11) is 0. The minimum atomic E-state index is 0.157. The van der Waals surface area contributed by atoms with Gasteiger partial charge < -0.3 is 5.32 Å². The summed E-state index contributed by atoms with van der Waals surface area (Å²) in [6, 6.07) is 0.287. The van der Waals surface area contributed by atoms with Crippen LogP contribution in [-0.2, 0) is 4.79 Å². The maximum atomic E-state index is 11.2. The van der Waals surface area contributed by atoms with E-state index in [1.807, 2.05) is 10.9 Å². The molecule has 2 atom stereocenters. The van der Waals surface area contributed by atoms with E-state index in [-0.39, 0.29) is 11.9 Å². The van der Waals surface area contributed by atoms with Gasteiger partial charge in [0, 0.05) is 23.8 Å². The van der Waals surface area contributed by atoms with Crippen molar-refractivity contribution < 1.29 is 4.79 Å². The van der Waals surface area contributed by atoms with Crippen LogP contribution in [0.15, 0.2) is 10.9 Å². The third-order valence-corrected chi connectivity index (χ3v) is 3.11. The molecule has 1 saturated heterocycles. The normalized spacial score (nSPS) is 27.6. The molecule has 0 saturated carbocycles. The van der Waals surface area contributed by atoms with Crippen molar-refractivity contribution >= 4 is 17.2 Å². The number of nitrogens with one attached hydrogen (secondary N) is 1. The van der Waals surface area contributed by atoms with Crippen molar-refractivity contribution in [2.75, 3.05) is 0 Å². The van der Waals surface area contributed by atoms with Crippen LogP contribution in [0.25, 0.3) is 0 Å². The lowest BCUT2D eigenvalue weighted by Gasteiger charge is -2.14. The van der Waals surface area contributed by atoms with Gasteiger partial charge in [-0.2, -0.15) is 0 Å². The first-order chi connectivity index (χ1) is 6.31. The zero-order chi connectivity index (χ0) is 9.26. The fourth-order valence-corrected chi connectivity index (χ4v) is 2.43. The van der Waals surface area contributed by atoms with E-state index in [1.54, 1.807) is 11.3 Å². The summed E-state index contributed by atoms with van der Waals surface area (Å²) < 4.78 is 0. The first-order valence-electron chi connectivity index (χ1n) is 4.48. The Morgan fingerprint density at radius 2 is 2.62 bits per heavy atom. The van der Waals surface area contributed by atoms with Crippen molar-refractivity contribution in [3.05, 3.63) is 16.6 Å². The quantitative estimate of drug-likeness (QED) is 0.779. The summed E-state index contributed by atoms with van der Waals surface area (Å²) >= 11 is 1.59. The number of aromatic nitrogens is 1. The Labute approximate surface area is 81.2 Å². The number of rotatable bonds is 2. The van der Waals surface area contributed by atoms with E-state index in [4.69, 9.17) is 0 Å². The minimum absolute atomic E-state index is 0.157. The summed E-state index contributed by atoms with van der Waals surface area (Å²) in [6.07, 6.45) is 1.58. The fraction of sp³-hybridized carbons (Fsp3) is 0.556. The molecule has 4 heteroatoms. The van der Waals surface area contributed by atoms with Gasteiger partial charge in [0.2, 0.25) is 5.91 Å². The SMILES string of the molecule is CCC1NC(=O)CC1c1cscn1. The van der Waals surface area contributed by atoms with E-state index >= 15 is 0 Å². The Morgan fingerprint density at radius 1 is 1.77 bits per heavy atom. The minimum Gasteiger partial charge on any atom is -0.353 e. The smallest absolute Gasteiger partial charge is 0.220 e. The van der Waals surface area contributed by atoms with Crippen LogP contribution in [0.4, 0.5) is 0 Å². The molecule has 2 rings (SSSR count). The van der Waals surface area contributed by atoms with E-state index in [1.165, 1.54) is 0 Å².